The lowest BCUT2D eigenvalue weighted by atomic mass is 10.1. The number of nitrogens with one attached hydrogen (secondary N) is 1. The third-order valence-electron chi connectivity index (χ3n) is 4.32. The predicted molar refractivity (Wildman–Crippen MR) is 84.8 cm³/mol. The lowest BCUT2D eigenvalue weighted by molar-refractivity contribution is 0.000830. The fraction of sp³-hybridized carbons (Fsp3) is 0.933. The van der Waals surface area contributed by atoms with Crippen LogP contribution in [0.5, 0.6) is 0 Å². The second kappa shape index (κ2) is 8.56. The first kappa shape index (κ1) is 16.5. The second-order valence-corrected chi connectivity index (χ2v) is 6.04. The Labute approximate surface area is 128 Å². The maximum Gasteiger partial charge on any atom is 0.193 e. The highest BCUT2D eigenvalue weighted by Crippen LogP contribution is 2.13. The molecule has 0 aromatic heterocycles. The van der Waals surface area contributed by atoms with Crippen molar-refractivity contribution in [1.29, 1.82) is 0 Å². The fourth-order valence-corrected chi connectivity index (χ4v) is 2.99. The van der Waals surface area contributed by atoms with E-state index in [1.165, 1.54) is 0 Å². The zero-order valence-electron chi connectivity index (χ0n) is 13.7. The summed E-state index contributed by atoms with van der Waals surface area (Å²) < 4.78 is 10.9. The van der Waals surface area contributed by atoms with E-state index >= 15 is 0 Å². The van der Waals surface area contributed by atoms with Gasteiger partial charge in [-0.3, -0.25) is 9.89 Å². The SMILES string of the molecule is CN=C(NCCN1CCOCC1C)N(C)CC1CCOC1. The van der Waals surface area contributed by atoms with Crippen LogP contribution in [0, 0.1) is 5.92 Å². The molecule has 122 valence electrons. The number of nitrogens with zero attached hydrogens (tertiary/aromatic N) is 3. The van der Waals surface area contributed by atoms with E-state index in [1.807, 2.05) is 7.05 Å². The normalized spacial score (nSPS) is 27.9. The largest absolute Gasteiger partial charge is 0.381 e. The molecule has 2 fully saturated rings. The molecule has 21 heavy (non-hydrogen) atoms. The van der Waals surface area contributed by atoms with E-state index in [9.17, 15) is 0 Å². The minimum absolute atomic E-state index is 0.510. The van der Waals surface area contributed by atoms with Gasteiger partial charge < -0.3 is 19.7 Å². The van der Waals surface area contributed by atoms with Gasteiger partial charge in [0.25, 0.3) is 0 Å². The lowest BCUT2D eigenvalue weighted by Crippen LogP contribution is -2.48. The van der Waals surface area contributed by atoms with E-state index in [0.717, 1.165) is 65.0 Å². The van der Waals surface area contributed by atoms with Crippen molar-refractivity contribution in [2.75, 3.05) is 66.7 Å². The maximum atomic E-state index is 5.47. The van der Waals surface area contributed by atoms with Crippen LogP contribution < -0.4 is 5.32 Å². The highest BCUT2D eigenvalue weighted by atomic mass is 16.5. The molecule has 0 saturated carbocycles. The summed E-state index contributed by atoms with van der Waals surface area (Å²) in [6, 6.07) is 0.510. The number of morpholine rings is 1. The maximum absolute atomic E-state index is 5.47. The van der Waals surface area contributed by atoms with Crippen LogP contribution in [0.2, 0.25) is 0 Å². The molecule has 0 spiro atoms. The Kier molecular flexibility index (Phi) is 6.73. The molecule has 0 aromatic rings. The Morgan fingerprint density at radius 2 is 2.14 bits per heavy atom. The van der Waals surface area contributed by atoms with Crippen LogP contribution >= 0.6 is 0 Å². The molecule has 0 radical (unpaired) electrons. The molecule has 0 bridgehead atoms. The highest BCUT2D eigenvalue weighted by molar-refractivity contribution is 5.79. The van der Waals surface area contributed by atoms with E-state index in [1.54, 1.807) is 0 Å². The van der Waals surface area contributed by atoms with Crippen LogP contribution in [0.25, 0.3) is 0 Å². The molecule has 2 rings (SSSR count). The number of hydrogen-bond acceptors (Lipinski definition) is 4. The molecule has 0 amide bonds. The van der Waals surface area contributed by atoms with Crippen LogP contribution in [-0.2, 0) is 9.47 Å². The lowest BCUT2D eigenvalue weighted by Gasteiger charge is -2.33. The molecule has 2 aliphatic heterocycles. The van der Waals surface area contributed by atoms with Crippen LogP contribution in [0.15, 0.2) is 4.99 Å². The number of ether oxygens (including phenoxy) is 2. The molecule has 2 heterocycles. The van der Waals surface area contributed by atoms with Crippen molar-refractivity contribution in [3.05, 3.63) is 0 Å². The van der Waals surface area contributed by atoms with Gasteiger partial charge in [0.15, 0.2) is 5.96 Å². The molecule has 0 aliphatic carbocycles. The number of guanidine groups is 1. The summed E-state index contributed by atoms with van der Waals surface area (Å²) in [7, 11) is 3.95. The first-order chi connectivity index (χ1) is 10.2. The van der Waals surface area contributed by atoms with E-state index in [2.05, 4.69) is 34.1 Å². The van der Waals surface area contributed by atoms with Gasteiger partial charge in [0.2, 0.25) is 0 Å². The Morgan fingerprint density at radius 1 is 1.33 bits per heavy atom. The van der Waals surface area contributed by atoms with E-state index in [4.69, 9.17) is 9.47 Å². The molecular formula is C15H30N4O2. The smallest absolute Gasteiger partial charge is 0.193 e. The third kappa shape index (κ3) is 5.13. The molecular weight excluding hydrogens is 268 g/mol. The second-order valence-electron chi connectivity index (χ2n) is 6.04. The molecule has 6 nitrogen and oxygen atoms in total. The molecule has 6 heteroatoms. The summed E-state index contributed by atoms with van der Waals surface area (Å²) in [5.41, 5.74) is 0. The quantitative estimate of drug-likeness (QED) is 0.582. The average Bonchev–Trinajstić information content (AvgIpc) is 2.98. The van der Waals surface area contributed by atoms with Gasteiger partial charge in [-0.05, 0) is 13.3 Å². The van der Waals surface area contributed by atoms with Gasteiger partial charge >= 0.3 is 0 Å². The Bertz CT molecular complexity index is 332. The van der Waals surface area contributed by atoms with Crippen molar-refractivity contribution in [3.8, 4) is 0 Å². The fourth-order valence-electron chi connectivity index (χ4n) is 2.99. The molecule has 2 atom stereocenters. The van der Waals surface area contributed by atoms with E-state index in [-0.39, 0.29) is 0 Å². The molecule has 2 saturated heterocycles. The third-order valence-corrected chi connectivity index (χ3v) is 4.32. The minimum Gasteiger partial charge on any atom is -0.381 e. The van der Waals surface area contributed by atoms with Crippen molar-refractivity contribution >= 4 is 5.96 Å². The summed E-state index contributed by atoms with van der Waals surface area (Å²) in [6.07, 6.45) is 1.16. The van der Waals surface area contributed by atoms with Crippen molar-refractivity contribution in [3.63, 3.8) is 0 Å². The summed E-state index contributed by atoms with van der Waals surface area (Å²) in [5.74, 6) is 1.61. The van der Waals surface area contributed by atoms with E-state index in [0.29, 0.717) is 12.0 Å². The zero-order valence-corrected chi connectivity index (χ0v) is 13.7. The van der Waals surface area contributed by atoms with Crippen LogP contribution in [0.1, 0.15) is 13.3 Å². The Morgan fingerprint density at radius 3 is 2.81 bits per heavy atom. The molecule has 1 N–H and O–H groups in total. The first-order valence-corrected chi connectivity index (χ1v) is 8.02. The predicted octanol–water partition coefficient (Wildman–Crippen LogP) is 0.251. The van der Waals surface area contributed by atoms with Gasteiger partial charge in [0, 0.05) is 58.8 Å². The highest BCUT2D eigenvalue weighted by Gasteiger charge is 2.20. The molecule has 2 unspecified atom stereocenters. The van der Waals surface area contributed by atoms with Gasteiger partial charge in [-0.2, -0.15) is 0 Å². The van der Waals surface area contributed by atoms with E-state index < -0.39 is 0 Å². The topological polar surface area (TPSA) is 49.3 Å². The first-order valence-electron chi connectivity index (χ1n) is 8.02. The summed E-state index contributed by atoms with van der Waals surface area (Å²) in [6.45, 7) is 9.68. The van der Waals surface area contributed by atoms with Crippen molar-refractivity contribution < 1.29 is 9.47 Å². The summed E-state index contributed by atoms with van der Waals surface area (Å²) in [4.78, 5) is 9.06. The molecule has 0 aromatic carbocycles. The summed E-state index contributed by atoms with van der Waals surface area (Å²) >= 11 is 0. The van der Waals surface area contributed by atoms with Gasteiger partial charge in [-0.25, -0.2) is 0 Å². The van der Waals surface area contributed by atoms with Crippen LogP contribution in [-0.4, -0.2) is 88.5 Å². The summed E-state index contributed by atoms with van der Waals surface area (Å²) in [5, 5.41) is 3.46. The number of hydrogen-bond donors (Lipinski definition) is 1. The van der Waals surface area contributed by atoms with Gasteiger partial charge in [-0.15, -0.1) is 0 Å². The monoisotopic (exact) mass is 298 g/mol. The minimum atomic E-state index is 0.510. The van der Waals surface area contributed by atoms with Gasteiger partial charge in [0.1, 0.15) is 0 Å². The molecule has 2 aliphatic rings. The average molecular weight is 298 g/mol. The Balaban J connectivity index is 1.69. The van der Waals surface area contributed by atoms with Gasteiger partial charge in [-0.1, -0.05) is 0 Å². The van der Waals surface area contributed by atoms with Gasteiger partial charge in [0.05, 0.1) is 19.8 Å². The van der Waals surface area contributed by atoms with Crippen LogP contribution in [0.4, 0.5) is 0 Å². The standard InChI is InChI=1S/C15H30N4O2/c1-13-11-21-9-7-19(13)6-5-17-15(16-2)18(3)10-14-4-8-20-12-14/h13-14H,4-12H2,1-3H3,(H,16,17). The van der Waals surface area contributed by atoms with Crippen molar-refractivity contribution in [2.24, 2.45) is 10.9 Å². The van der Waals surface area contributed by atoms with Crippen molar-refractivity contribution in [2.45, 2.75) is 19.4 Å². The van der Waals surface area contributed by atoms with Crippen LogP contribution in [0.3, 0.4) is 0 Å². The zero-order chi connectivity index (χ0) is 15.1. The number of aliphatic imine (C=N–C) groups is 1. The number of rotatable bonds is 5. The van der Waals surface area contributed by atoms with Crippen molar-refractivity contribution in [1.82, 2.24) is 15.1 Å². The Hall–Kier alpha value is -0.850.